The summed E-state index contributed by atoms with van der Waals surface area (Å²) >= 11 is 5.23. The van der Waals surface area contributed by atoms with E-state index in [0.29, 0.717) is 33.3 Å². The normalized spacial score (nSPS) is 10.2. The van der Waals surface area contributed by atoms with Gasteiger partial charge in [-0.15, -0.1) is 0 Å². The fraction of sp³-hybridized carbons (Fsp3) is 0.0476. The first kappa shape index (κ1) is 19.3. The third-order valence-corrected chi connectivity index (χ3v) is 4.26. The molecule has 0 aliphatic rings. The topological polar surface area (TPSA) is 79.2 Å². The molecule has 0 saturated heterocycles. The lowest BCUT2D eigenvalue weighted by molar-refractivity contribution is 0.102. The number of nitrogens with two attached hydrogens (primary N) is 1. The number of thiocarbonyl (C=S) groups is 1. The lowest BCUT2D eigenvalue weighted by atomic mass is 10.2. The van der Waals surface area contributed by atoms with Crippen LogP contribution in [0, 0.1) is 5.82 Å². The first-order chi connectivity index (χ1) is 13.5. The quantitative estimate of drug-likeness (QED) is 0.386. The van der Waals surface area contributed by atoms with Gasteiger partial charge in [-0.1, -0.05) is 30.3 Å². The zero-order valence-corrected chi connectivity index (χ0v) is 15.7. The highest BCUT2D eigenvalue weighted by Gasteiger charge is 2.08. The van der Waals surface area contributed by atoms with Gasteiger partial charge in [-0.3, -0.25) is 4.79 Å². The Bertz CT molecular complexity index is 992. The number of nitrogens with one attached hydrogen (secondary N) is 3. The highest BCUT2D eigenvalue weighted by Crippen LogP contribution is 2.18. The van der Waals surface area contributed by atoms with E-state index in [0.717, 1.165) is 0 Å². The average molecular weight is 394 g/mol. The van der Waals surface area contributed by atoms with Crippen molar-refractivity contribution in [2.24, 2.45) is 0 Å². The monoisotopic (exact) mass is 394 g/mol. The van der Waals surface area contributed by atoms with Crippen LogP contribution < -0.4 is 21.7 Å². The van der Waals surface area contributed by atoms with Gasteiger partial charge in [-0.05, 0) is 54.7 Å². The fourth-order valence-corrected chi connectivity index (χ4v) is 2.69. The van der Waals surface area contributed by atoms with Gasteiger partial charge in [0.05, 0.1) is 11.4 Å². The molecule has 0 unspecified atom stereocenters. The van der Waals surface area contributed by atoms with Crippen molar-refractivity contribution >= 4 is 40.3 Å². The average Bonchev–Trinajstić information content (AvgIpc) is 2.69. The lowest BCUT2D eigenvalue weighted by Gasteiger charge is -2.12. The molecule has 0 saturated carbocycles. The fourth-order valence-electron chi connectivity index (χ4n) is 2.50. The van der Waals surface area contributed by atoms with Crippen molar-refractivity contribution in [3.05, 3.63) is 89.7 Å². The van der Waals surface area contributed by atoms with Crippen molar-refractivity contribution < 1.29 is 9.18 Å². The number of para-hydroxylation sites is 2. The molecule has 28 heavy (non-hydrogen) atoms. The highest BCUT2D eigenvalue weighted by molar-refractivity contribution is 7.80. The molecule has 0 heterocycles. The van der Waals surface area contributed by atoms with Crippen molar-refractivity contribution in [1.82, 2.24) is 5.32 Å². The highest BCUT2D eigenvalue weighted by atomic mass is 32.1. The Kier molecular flexibility index (Phi) is 6.18. The Labute approximate surface area is 167 Å². The SMILES string of the molecule is Nc1ccccc1NC(=O)c1ccc(NC(=S)NCc2ccccc2F)cc1. The van der Waals surface area contributed by atoms with Crippen molar-refractivity contribution in [2.45, 2.75) is 6.54 Å². The predicted octanol–water partition coefficient (Wildman–Crippen LogP) is 4.15. The minimum absolute atomic E-state index is 0.260. The van der Waals surface area contributed by atoms with Gasteiger partial charge < -0.3 is 21.7 Å². The minimum atomic E-state index is -0.285. The summed E-state index contributed by atoms with van der Waals surface area (Å²) in [6.45, 7) is 0.275. The van der Waals surface area contributed by atoms with E-state index in [1.165, 1.54) is 6.07 Å². The van der Waals surface area contributed by atoms with E-state index in [1.807, 2.05) is 0 Å². The number of rotatable bonds is 5. The molecule has 0 bridgehead atoms. The molecule has 0 aliphatic heterocycles. The standard InChI is InChI=1S/C21H19FN4OS/c22-17-6-2-1-5-15(17)13-24-21(28)25-16-11-9-14(10-12-16)20(27)26-19-8-4-3-7-18(19)23/h1-12H,13,23H2,(H,26,27)(H2,24,25,28). The van der Waals surface area contributed by atoms with Gasteiger partial charge >= 0.3 is 0 Å². The van der Waals surface area contributed by atoms with Gasteiger partial charge in [0.15, 0.2) is 5.11 Å². The molecule has 7 heteroatoms. The summed E-state index contributed by atoms with van der Waals surface area (Å²) < 4.78 is 13.6. The van der Waals surface area contributed by atoms with Gasteiger partial charge in [0.1, 0.15) is 5.82 Å². The number of halogens is 1. The van der Waals surface area contributed by atoms with Crippen LogP contribution in [-0.4, -0.2) is 11.0 Å². The van der Waals surface area contributed by atoms with E-state index in [9.17, 15) is 9.18 Å². The molecule has 3 aromatic carbocycles. The second-order valence-corrected chi connectivity index (χ2v) is 6.43. The largest absolute Gasteiger partial charge is 0.397 e. The molecule has 0 fully saturated rings. The number of hydrogen-bond donors (Lipinski definition) is 4. The Hall–Kier alpha value is -3.45. The molecule has 0 spiro atoms. The van der Waals surface area contributed by atoms with Crippen LogP contribution >= 0.6 is 12.2 Å². The van der Waals surface area contributed by atoms with Crippen LogP contribution in [0.4, 0.5) is 21.5 Å². The van der Waals surface area contributed by atoms with Crippen LogP contribution in [0.3, 0.4) is 0 Å². The van der Waals surface area contributed by atoms with E-state index in [-0.39, 0.29) is 18.3 Å². The van der Waals surface area contributed by atoms with Gasteiger partial charge in [-0.25, -0.2) is 4.39 Å². The van der Waals surface area contributed by atoms with Crippen molar-refractivity contribution in [3.63, 3.8) is 0 Å². The maximum absolute atomic E-state index is 13.6. The number of anilines is 3. The summed E-state index contributed by atoms with van der Waals surface area (Å²) in [7, 11) is 0. The van der Waals surface area contributed by atoms with E-state index in [2.05, 4.69) is 16.0 Å². The molecular weight excluding hydrogens is 375 g/mol. The van der Waals surface area contributed by atoms with Crippen LogP contribution in [-0.2, 0) is 6.54 Å². The van der Waals surface area contributed by atoms with Gasteiger partial charge in [0.25, 0.3) is 5.91 Å². The summed E-state index contributed by atoms with van der Waals surface area (Å²) in [4.78, 5) is 12.3. The molecule has 0 radical (unpaired) electrons. The van der Waals surface area contributed by atoms with Crippen LogP contribution in [0.5, 0.6) is 0 Å². The maximum atomic E-state index is 13.6. The molecule has 3 aromatic rings. The Balaban J connectivity index is 1.55. The summed E-state index contributed by atoms with van der Waals surface area (Å²) in [5.41, 5.74) is 8.62. The van der Waals surface area contributed by atoms with Crippen LogP contribution in [0.1, 0.15) is 15.9 Å². The van der Waals surface area contributed by atoms with E-state index < -0.39 is 0 Å². The van der Waals surface area contributed by atoms with Gasteiger partial charge in [0.2, 0.25) is 0 Å². The summed E-state index contributed by atoms with van der Waals surface area (Å²) in [5, 5.41) is 9.09. The minimum Gasteiger partial charge on any atom is -0.397 e. The van der Waals surface area contributed by atoms with E-state index in [1.54, 1.807) is 66.7 Å². The molecule has 0 aliphatic carbocycles. The predicted molar refractivity (Wildman–Crippen MR) is 115 cm³/mol. The Morgan fingerprint density at radius 3 is 2.32 bits per heavy atom. The molecule has 5 N–H and O–H groups in total. The Morgan fingerprint density at radius 2 is 1.61 bits per heavy atom. The second-order valence-electron chi connectivity index (χ2n) is 6.02. The number of hydrogen-bond acceptors (Lipinski definition) is 3. The maximum Gasteiger partial charge on any atom is 0.255 e. The van der Waals surface area contributed by atoms with Crippen LogP contribution in [0.15, 0.2) is 72.8 Å². The third kappa shape index (κ3) is 5.05. The van der Waals surface area contributed by atoms with Gasteiger partial charge in [-0.2, -0.15) is 0 Å². The van der Waals surface area contributed by atoms with Crippen molar-refractivity contribution in [3.8, 4) is 0 Å². The lowest BCUT2D eigenvalue weighted by Crippen LogP contribution is -2.28. The first-order valence-electron chi connectivity index (χ1n) is 8.57. The first-order valence-corrected chi connectivity index (χ1v) is 8.98. The van der Waals surface area contributed by atoms with E-state index in [4.69, 9.17) is 18.0 Å². The number of amides is 1. The second kappa shape index (κ2) is 8.96. The number of nitrogen functional groups attached to an aromatic ring is 1. The molecule has 3 rings (SSSR count). The van der Waals surface area contributed by atoms with Crippen LogP contribution in [0.25, 0.3) is 0 Å². The van der Waals surface area contributed by atoms with Crippen molar-refractivity contribution in [1.29, 1.82) is 0 Å². The zero-order valence-electron chi connectivity index (χ0n) is 14.9. The van der Waals surface area contributed by atoms with Crippen molar-refractivity contribution in [2.75, 3.05) is 16.4 Å². The molecular formula is C21H19FN4OS. The molecule has 1 amide bonds. The summed E-state index contributed by atoms with van der Waals surface area (Å²) in [5.74, 6) is -0.545. The summed E-state index contributed by atoms with van der Waals surface area (Å²) in [6, 6.07) is 20.4. The van der Waals surface area contributed by atoms with Crippen LogP contribution in [0.2, 0.25) is 0 Å². The molecule has 142 valence electrons. The van der Waals surface area contributed by atoms with E-state index >= 15 is 0 Å². The molecule has 5 nitrogen and oxygen atoms in total. The molecule has 0 atom stereocenters. The number of carbonyl (C=O) groups is 1. The number of benzene rings is 3. The summed E-state index contributed by atoms with van der Waals surface area (Å²) in [6.07, 6.45) is 0. The molecule has 0 aromatic heterocycles. The smallest absolute Gasteiger partial charge is 0.255 e. The number of carbonyl (C=O) groups excluding carboxylic acids is 1. The Morgan fingerprint density at radius 1 is 0.929 bits per heavy atom. The van der Waals surface area contributed by atoms with Gasteiger partial charge in [0, 0.05) is 23.4 Å². The third-order valence-electron chi connectivity index (χ3n) is 4.01. The zero-order chi connectivity index (χ0) is 19.9.